The third-order valence-electron chi connectivity index (χ3n) is 5.51. The molecule has 2 aliphatic carbocycles. The summed E-state index contributed by atoms with van der Waals surface area (Å²) in [5.74, 6) is -0.557. The van der Waals surface area contributed by atoms with Crippen molar-refractivity contribution in [1.82, 2.24) is 4.98 Å². The van der Waals surface area contributed by atoms with E-state index in [2.05, 4.69) is 22.5 Å². The van der Waals surface area contributed by atoms with Crippen molar-refractivity contribution < 1.29 is 14.4 Å². The Morgan fingerprint density at radius 3 is 2.31 bits per heavy atom. The fourth-order valence-corrected chi connectivity index (χ4v) is 4.90. The van der Waals surface area contributed by atoms with Gasteiger partial charge < -0.3 is 0 Å². The number of fused-ring (bicyclic) bond motifs is 5. The molecule has 2 heterocycles. The SMILES string of the molecule is O=C(Nc1nccs1)c1ccc(N2C(=O)[C@@H]3[C@@H](C2=O)[C@H]2C=C[C@H]3C2)cc1. The van der Waals surface area contributed by atoms with Gasteiger partial charge in [0.1, 0.15) is 0 Å². The van der Waals surface area contributed by atoms with Gasteiger partial charge in [-0.15, -0.1) is 11.3 Å². The van der Waals surface area contributed by atoms with Crippen LogP contribution in [0.4, 0.5) is 10.8 Å². The number of carbonyl (C=O) groups excluding carboxylic acids is 3. The summed E-state index contributed by atoms with van der Waals surface area (Å²) >= 11 is 1.34. The van der Waals surface area contributed by atoms with Crippen molar-refractivity contribution in [3.63, 3.8) is 0 Å². The summed E-state index contributed by atoms with van der Waals surface area (Å²) in [6, 6.07) is 6.56. The molecule has 7 heteroatoms. The van der Waals surface area contributed by atoms with E-state index < -0.39 is 0 Å². The Labute approximate surface area is 153 Å². The van der Waals surface area contributed by atoms with E-state index in [1.807, 2.05) is 0 Å². The topological polar surface area (TPSA) is 79.4 Å². The highest BCUT2D eigenvalue weighted by molar-refractivity contribution is 7.13. The molecule has 0 radical (unpaired) electrons. The predicted molar refractivity (Wildman–Crippen MR) is 96.7 cm³/mol. The highest BCUT2D eigenvalue weighted by Gasteiger charge is 2.59. The van der Waals surface area contributed by atoms with E-state index in [1.165, 1.54) is 16.2 Å². The molecule has 1 aliphatic heterocycles. The lowest BCUT2D eigenvalue weighted by atomic mass is 9.85. The van der Waals surface area contributed by atoms with Crippen molar-refractivity contribution >= 4 is 39.9 Å². The first-order chi connectivity index (χ1) is 12.6. The first kappa shape index (κ1) is 15.5. The Kier molecular flexibility index (Phi) is 3.33. The van der Waals surface area contributed by atoms with Crippen molar-refractivity contribution in [3.8, 4) is 0 Å². The maximum atomic E-state index is 12.8. The van der Waals surface area contributed by atoms with Crippen molar-refractivity contribution in [2.24, 2.45) is 23.7 Å². The van der Waals surface area contributed by atoms with Crippen LogP contribution in [0.3, 0.4) is 0 Å². The van der Waals surface area contributed by atoms with Crippen molar-refractivity contribution in [2.45, 2.75) is 6.42 Å². The third-order valence-corrected chi connectivity index (χ3v) is 6.20. The van der Waals surface area contributed by atoms with E-state index >= 15 is 0 Å². The number of hydrogen-bond donors (Lipinski definition) is 1. The minimum atomic E-state index is -0.273. The number of anilines is 2. The highest BCUT2D eigenvalue weighted by atomic mass is 32.1. The Morgan fingerprint density at radius 1 is 1.08 bits per heavy atom. The van der Waals surface area contributed by atoms with Crippen molar-refractivity contribution in [1.29, 1.82) is 0 Å². The Bertz CT molecular complexity index is 905. The van der Waals surface area contributed by atoms with Gasteiger partial charge in [0.05, 0.1) is 17.5 Å². The van der Waals surface area contributed by atoms with E-state index in [0.29, 0.717) is 16.4 Å². The van der Waals surface area contributed by atoms with Crippen LogP contribution < -0.4 is 10.2 Å². The monoisotopic (exact) mass is 365 g/mol. The van der Waals surface area contributed by atoms with Crippen LogP contribution in [0.2, 0.25) is 0 Å². The predicted octanol–water partition coefficient (Wildman–Crippen LogP) is 2.71. The normalized spacial score (nSPS) is 28.7. The molecule has 26 heavy (non-hydrogen) atoms. The number of rotatable bonds is 3. The summed E-state index contributed by atoms with van der Waals surface area (Å²) in [7, 11) is 0. The summed E-state index contributed by atoms with van der Waals surface area (Å²) in [4.78, 5) is 43.1. The third kappa shape index (κ3) is 2.17. The quantitative estimate of drug-likeness (QED) is 0.670. The number of aromatic nitrogens is 1. The van der Waals surface area contributed by atoms with Crippen LogP contribution in [-0.2, 0) is 9.59 Å². The lowest BCUT2D eigenvalue weighted by Crippen LogP contribution is -2.32. The average Bonchev–Trinajstić information content (AvgIpc) is 3.41. The number of imide groups is 1. The second-order valence-corrected chi connectivity index (χ2v) is 7.74. The van der Waals surface area contributed by atoms with Crippen molar-refractivity contribution in [3.05, 3.63) is 53.6 Å². The molecule has 3 amide bonds. The molecule has 1 aromatic heterocycles. The van der Waals surface area contributed by atoms with Gasteiger partial charge in [0.2, 0.25) is 11.8 Å². The molecule has 130 valence electrons. The molecule has 1 saturated carbocycles. The minimum Gasteiger partial charge on any atom is -0.298 e. The number of carbonyl (C=O) groups is 3. The van der Waals surface area contributed by atoms with Crippen LogP contribution in [0.5, 0.6) is 0 Å². The number of hydrogen-bond acceptors (Lipinski definition) is 5. The molecule has 2 bridgehead atoms. The molecular formula is C19H15N3O3S. The molecule has 2 fully saturated rings. The van der Waals surface area contributed by atoms with Gasteiger partial charge in [-0.25, -0.2) is 4.98 Å². The second kappa shape index (κ2) is 5.60. The zero-order chi connectivity index (χ0) is 17.8. The van der Waals surface area contributed by atoms with Gasteiger partial charge in [0.15, 0.2) is 5.13 Å². The molecule has 0 spiro atoms. The molecule has 1 aromatic carbocycles. The van der Waals surface area contributed by atoms with Crippen LogP contribution >= 0.6 is 11.3 Å². The van der Waals surface area contributed by atoms with Crippen LogP contribution in [0.25, 0.3) is 0 Å². The Hall–Kier alpha value is -2.80. The fraction of sp³-hybridized carbons (Fsp3) is 0.263. The number of allylic oxidation sites excluding steroid dienone is 2. The Morgan fingerprint density at radius 2 is 1.73 bits per heavy atom. The smallest absolute Gasteiger partial charge is 0.257 e. The summed E-state index contributed by atoms with van der Waals surface area (Å²) in [6.45, 7) is 0. The van der Waals surface area contributed by atoms with Gasteiger partial charge in [-0.2, -0.15) is 0 Å². The summed E-state index contributed by atoms with van der Waals surface area (Å²) in [6.07, 6.45) is 6.68. The molecular weight excluding hydrogens is 350 g/mol. The summed E-state index contributed by atoms with van der Waals surface area (Å²) in [5.41, 5.74) is 0.976. The lowest BCUT2D eigenvalue weighted by molar-refractivity contribution is -0.123. The largest absolute Gasteiger partial charge is 0.298 e. The molecule has 3 aliphatic rings. The Balaban J connectivity index is 1.37. The maximum absolute atomic E-state index is 12.8. The summed E-state index contributed by atoms with van der Waals surface area (Å²) < 4.78 is 0. The standard InChI is InChI=1S/C19H15N3O3S/c23-16(21-19-20-7-8-26-19)10-3-5-13(6-4-10)22-17(24)14-11-1-2-12(9-11)15(14)18(22)25/h1-8,11-12,14-15H,9H2,(H,20,21,23)/t11-,12-,14-,15-/m0/s1. The maximum Gasteiger partial charge on any atom is 0.257 e. The van der Waals surface area contributed by atoms with Crippen molar-refractivity contribution in [2.75, 3.05) is 10.2 Å². The van der Waals surface area contributed by atoms with Crippen LogP contribution in [0.1, 0.15) is 16.8 Å². The first-order valence-corrected chi connectivity index (χ1v) is 9.38. The van der Waals surface area contributed by atoms with Gasteiger partial charge in [-0.05, 0) is 42.5 Å². The van der Waals surface area contributed by atoms with E-state index in [-0.39, 0.29) is 41.4 Å². The first-order valence-electron chi connectivity index (χ1n) is 8.50. The fourth-order valence-electron chi connectivity index (χ4n) is 4.37. The molecule has 4 atom stereocenters. The molecule has 6 nitrogen and oxygen atoms in total. The average molecular weight is 365 g/mol. The molecule has 5 rings (SSSR count). The lowest BCUT2D eigenvalue weighted by Gasteiger charge is -2.17. The van der Waals surface area contributed by atoms with Gasteiger partial charge in [0.25, 0.3) is 5.91 Å². The van der Waals surface area contributed by atoms with E-state index in [1.54, 1.807) is 35.8 Å². The number of benzene rings is 1. The van der Waals surface area contributed by atoms with Crippen LogP contribution in [0.15, 0.2) is 48.0 Å². The zero-order valence-electron chi connectivity index (χ0n) is 13.7. The van der Waals surface area contributed by atoms with Gasteiger partial charge in [-0.3, -0.25) is 24.6 Å². The summed E-state index contributed by atoms with van der Waals surface area (Å²) in [5, 5.41) is 5.02. The van der Waals surface area contributed by atoms with E-state index in [0.717, 1.165) is 6.42 Å². The highest BCUT2D eigenvalue weighted by Crippen LogP contribution is 2.53. The van der Waals surface area contributed by atoms with E-state index in [9.17, 15) is 14.4 Å². The van der Waals surface area contributed by atoms with Gasteiger partial charge >= 0.3 is 0 Å². The molecule has 2 aromatic rings. The second-order valence-electron chi connectivity index (χ2n) is 6.85. The number of nitrogens with zero attached hydrogens (tertiary/aromatic N) is 2. The van der Waals surface area contributed by atoms with Gasteiger partial charge in [-0.1, -0.05) is 12.2 Å². The number of amides is 3. The van der Waals surface area contributed by atoms with Crippen LogP contribution in [0, 0.1) is 23.7 Å². The van der Waals surface area contributed by atoms with Gasteiger partial charge in [0, 0.05) is 17.1 Å². The zero-order valence-corrected chi connectivity index (χ0v) is 14.5. The number of nitrogens with one attached hydrogen (secondary N) is 1. The van der Waals surface area contributed by atoms with Crippen LogP contribution in [-0.4, -0.2) is 22.7 Å². The number of thiazole rings is 1. The van der Waals surface area contributed by atoms with E-state index in [4.69, 9.17) is 0 Å². The molecule has 0 unspecified atom stereocenters. The molecule has 1 N–H and O–H groups in total. The molecule has 1 saturated heterocycles. The minimum absolute atomic E-state index is 0.114.